The Hall–Kier alpha value is -2.22. The van der Waals surface area contributed by atoms with Gasteiger partial charge in [0.05, 0.1) is 35.1 Å². The summed E-state index contributed by atoms with van der Waals surface area (Å²) in [6.07, 6.45) is 1.24. The van der Waals surface area contributed by atoms with Crippen LogP contribution in [0.3, 0.4) is 0 Å². The number of halogens is 2. The molecule has 1 saturated heterocycles. The number of sulfonamides is 1. The highest BCUT2D eigenvalue weighted by Crippen LogP contribution is 2.33. The number of β-amino-alcohol motifs (C(OH)–C–C–N with tert-alkyl or cyclic N) is 1. The molecule has 0 spiro atoms. The van der Waals surface area contributed by atoms with Crippen molar-refractivity contribution in [1.82, 2.24) is 29.1 Å². The quantitative estimate of drug-likeness (QED) is 0.416. The van der Waals surface area contributed by atoms with Crippen LogP contribution in [0.4, 0.5) is 4.39 Å². The molecule has 0 saturated carbocycles. The molecule has 0 unspecified atom stereocenters. The van der Waals surface area contributed by atoms with Crippen LogP contribution in [0.5, 0.6) is 0 Å². The number of aliphatic hydroxyl groups is 2. The second-order valence-corrected chi connectivity index (χ2v) is 11.8. The number of nitrogens with one attached hydrogen (secondary N) is 1. The standard InChI is InChI=1S/C23H30ClFN6O4S/c1-12(2)31-18-8-14(7-16(25)22(18)29-23(31)13(3)32)21-15(24)9-27-20(28-21)10-26-17-5-6-30(11-19(17)33)36(4,34)35/h7-9,12-13,17,19,26,32-33H,5-6,10-11H2,1-4H3/t13-,17-,19-/m1/s1. The zero-order valence-electron chi connectivity index (χ0n) is 20.5. The average Bonchev–Trinajstić information content (AvgIpc) is 3.19. The normalized spacial score (nSPS) is 20.4. The molecule has 0 amide bonds. The molecule has 13 heteroatoms. The van der Waals surface area contributed by atoms with Crippen LogP contribution in [0.25, 0.3) is 22.3 Å². The molecule has 4 rings (SSSR count). The van der Waals surface area contributed by atoms with E-state index >= 15 is 4.39 Å². The van der Waals surface area contributed by atoms with Crippen LogP contribution < -0.4 is 5.32 Å². The van der Waals surface area contributed by atoms with Gasteiger partial charge in [-0.15, -0.1) is 0 Å². The van der Waals surface area contributed by atoms with E-state index in [2.05, 4.69) is 20.3 Å². The van der Waals surface area contributed by atoms with E-state index in [1.165, 1.54) is 16.6 Å². The Labute approximate surface area is 214 Å². The molecular formula is C23H30ClFN6O4S. The topological polar surface area (TPSA) is 133 Å². The van der Waals surface area contributed by atoms with Crippen molar-refractivity contribution in [1.29, 1.82) is 0 Å². The molecule has 0 bridgehead atoms. The Morgan fingerprint density at radius 2 is 2.00 bits per heavy atom. The molecule has 0 radical (unpaired) electrons. The maximum atomic E-state index is 15.1. The van der Waals surface area contributed by atoms with E-state index in [4.69, 9.17) is 11.6 Å². The van der Waals surface area contributed by atoms with E-state index in [1.807, 2.05) is 13.8 Å². The smallest absolute Gasteiger partial charge is 0.211 e. The van der Waals surface area contributed by atoms with Crippen LogP contribution >= 0.6 is 11.6 Å². The lowest BCUT2D eigenvalue weighted by molar-refractivity contribution is 0.0714. The second kappa shape index (κ2) is 10.3. The van der Waals surface area contributed by atoms with Crippen LogP contribution in [0, 0.1) is 5.82 Å². The van der Waals surface area contributed by atoms with Crippen LogP contribution in [0.1, 0.15) is 51.0 Å². The summed E-state index contributed by atoms with van der Waals surface area (Å²) in [6, 6.07) is 2.64. The van der Waals surface area contributed by atoms with E-state index < -0.39 is 28.0 Å². The van der Waals surface area contributed by atoms with Crippen LogP contribution in [-0.4, -0.2) is 73.9 Å². The van der Waals surface area contributed by atoms with Crippen molar-refractivity contribution in [2.75, 3.05) is 19.3 Å². The number of hydrogen-bond donors (Lipinski definition) is 3. The molecule has 2 aromatic heterocycles. The largest absolute Gasteiger partial charge is 0.390 e. The number of piperidine rings is 1. The van der Waals surface area contributed by atoms with Crippen LogP contribution in [0.15, 0.2) is 18.3 Å². The molecule has 1 aromatic carbocycles. The monoisotopic (exact) mass is 540 g/mol. The van der Waals surface area contributed by atoms with Crippen molar-refractivity contribution < 1.29 is 23.0 Å². The maximum absolute atomic E-state index is 15.1. The highest BCUT2D eigenvalue weighted by Gasteiger charge is 2.31. The van der Waals surface area contributed by atoms with Gasteiger partial charge in [0, 0.05) is 36.9 Å². The minimum absolute atomic E-state index is 0.0144. The summed E-state index contributed by atoms with van der Waals surface area (Å²) in [5, 5.41) is 24.0. The van der Waals surface area contributed by atoms with E-state index in [0.717, 1.165) is 6.26 Å². The highest BCUT2D eigenvalue weighted by atomic mass is 35.5. The molecule has 0 aliphatic carbocycles. The van der Waals surface area contributed by atoms with E-state index in [-0.39, 0.29) is 35.7 Å². The molecule has 1 fully saturated rings. The number of hydrogen-bond acceptors (Lipinski definition) is 8. The molecule has 1 aliphatic heterocycles. The summed E-state index contributed by atoms with van der Waals surface area (Å²) in [4.78, 5) is 13.1. The second-order valence-electron chi connectivity index (χ2n) is 9.38. The minimum atomic E-state index is -3.37. The molecule has 36 heavy (non-hydrogen) atoms. The zero-order chi connectivity index (χ0) is 26.4. The molecule has 10 nitrogen and oxygen atoms in total. The number of aliphatic hydroxyl groups excluding tert-OH is 2. The molecule has 3 atom stereocenters. The van der Waals surface area contributed by atoms with Crippen LogP contribution in [0.2, 0.25) is 5.02 Å². The Balaban J connectivity index is 1.61. The summed E-state index contributed by atoms with van der Waals surface area (Å²) >= 11 is 6.39. The predicted molar refractivity (Wildman–Crippen MR) is 134 cm³/mol. The number of fused-ring (bicyclic) bond motifs is 1. The first-order chi connectivity index (χ1) is 16.9. The maximum Gasteiger partial charge on any atom is 0.211 e. The van der Waals surface area contributed by atoms with E-state index in [0.29, 0.717) is 41.4 Å². The lowest BCUT2D eigenvalue weighted by Gasteiger charge is -2.34. The number of rotatable bonds is 7. The SMILES string of the molecule is CC(C)n1c([C@@H](C)O)nc2c(F)cc(-c3nc(CN[C@@H]4CCN(S(C)(=O)=O)C[C@H]4O)ncc3Cl)cc21. The third-order valence-corrected chi connectivity index (χ3v) is 7.82. The lowest BCUT2D eigenvalue weighted by Crippen LogP contribution is -2.53. The van der Waals surface area contributed by atoms with Gasteiger partial charge in [0.15, 0.2) is 5.82 Å². The van der Waals surface area contributed by atoms with Crippen molar-refractivity contribution in [2.45, 2.75) is 58.0 Å². The van der Waals surface area contributed by atoms with Gasteiger partial charge < -0.3 is 20.1 Å². The predicted octanol–water partition coefficient (Wildman–Crippen LogP) is 2.40. The molecule has 1 aliphatic rings. The minimum Gasteiger partial charge on any atom is -0.390 e. The fraction of sp³-hybridized carbons (Fsp3) is 0.522. The molecule has 3 heterocycles. The van der Waals surface area contributed by atoms with Gasteiger partial charge in [-0.3, -0.25) is 0 Å². The first kappa shape index (κ1) is 26.8. The summed E-state index contributed by atoms with van der Waals surface area (Å²) in [6.45, 7) is 5.95. The van der Waals surface area contributed by atoms with Crippen molar-refractivity contribution in [3.8, 4) is 11.3 Å². The fourth-order valence-corrected chi connectivity index (χ4v) is 5.56. The van der Waals surface area contributed by atoms with Gasteiger partial charge in [-0.05, 0) is 39.3 Å². The molecule has 3 N–H and O–H groups in total. The zero-order valence-corrected chi connectivity index (χ0v) is 22.1. The Kier molecular flexibility index (Phi) is 7.65. The molecule has 3 aromatic rings. The first-order valence-corrected chi connectivity index (χ1v) is 13.9. The first-order valence-electron chi connectivity index (χ1n) is 11.6. The summed E-state index contributed by atoms with van der Waals surface area (Å²) < 4.78 is 41.6. The summed E-state index contributed by atoms with van der Waals surface area (Å²) in [5.74, 6) is 0.198. The number of aromatic nitrogens is 4. The Morgan fingerprint density at radius 1 is 1.28 bits per heavy atom. The molecule has 196 valence electrons. The highest BCUT2D eigenvalue weighted by molar-refractivity contribution is 7.88. The third-order valence-electron chi connectivity index (χ3n) is 6.27. The third kappa shape index (κ3) is 5.38. The average molecular weight is 541 g/mol. The summed E-state index contributed by atoms with van der Waals surface area (Å²) in [5.41, 5.74) is 1.46. The van der Waals surface area contributed by atoms with Crippen molar-refractivity contribution in [3.05, 3.63) is 40.8 Å². The van der Waals surface area contributed by atoms with Gasteiger partial charge in [-0.25, -0.2) is 27.8 Å². The number of nitrogens with zero attached hydrogens (tertiary/aromatic N) is 5. The van der Waals surface area contributed by atoms with Crippen molar-refractivity contribution in [2.24, 2.45) is 0 Å². The van der Waals surface area contributed by atoms with Crippen molar-refractivity contribution in [3.63, 3.8) is 0 Å². The van der Waals surface area contributed by atoms with Gasteiger partial charge in [0.1, 0.15) is 23.3 Å². The van der Waals surface area contributed by atoms with Gasteiger partial charge in [0.2, 0.25) is 10.0 Å². The fourth-order valence-electron chi connectivity index (χ4n) is 4.50. The van der Waals surface area contributed by atoms with E-state index in [9.17, 15) is 18.6 Å². The van der Waals surface area contributed by atoms with Crippen LogP contribution in [-0.2, 0) is 16.6 Å². The summed E-state index contributed by atoms with van der Waals surface area (Å²) in [7, 11) is -3.37. The Morgan fingerprint density at radius 3 is 2.61 bits per heavy atom. The molecular weight excluding hydrogens is 511 g/mol. The number of imidazole rings is 1. The van der Waals surface area contributed by atoms with Gasteiger partial charge in [-0.2, -0.15) is 4.31 Å². The number of benzene rings is 1. The van der Waals surface area contributed by atoms with E-state index in [1.54, 1.807) is 17.6 Å². The van der Waals surface area contributed by atoms with Crippen molar-refractivity contribution >= 4 is 32.7 Å². The van der Waals surface area contributed by atoms with Gasteiger partial charge in [-0.1, -0.05) is 11.6 Å². The van der Waals surface area contributed by atoms with Gasteiger partial charge >= 0.3 is 0 Å². The Bertz CT molecular complexity index is 1380. The van der Waals surface area contributed by atoms with Gasteiger partial charge in [0.25, 0.3) is 0 Å². The lowest BCUT2D eigenvalue weighted by atomic mass is 10.0.